The summed E-state index contributed by atoms with van der Waals surface area (Å²) in [5, 5.41) is 0. The van der Waals surface area contributed by atoms with Crippen LogP contribution in [0.2, 0.25) is 0 Å². The molecule has 1 N–H and O–H groups in total. The van der Waals surface area contributed by atoms with Crippen molar-refractivity contribution in [3.63, 3.8) is 0 Å². The first-order chi connectivity index (χ1) is 5.10. The molecule has 1 unspecified atom stereocenters. The Morgan fingerprint density at radius 1 is 1.27 bits per heavy atom. The highest BCUT2D eigenvalue weighted by molar-refractivity contribution is 7.76. The fraction of sp³-hybridized carbons (Fsp3) is 1.00. The van der Waals surface area contributed by atoms with E-state index in [2.05, 4.69) is 4.83 Å². The van der Waals surface area contributed by atoms with Gasteiger partial charge in [-0.3, -0.25) is 4.21 Å². The largest absolute Gasteiger partial charge is 0.756 e. The molecule has 0 aromatic carbocycles. The van der Waals surface area contributed by atoms with Crippen LogP contribution in [0.3, 0.4) is 0 Å². The summed E-state index contributed by atoms with van der Waals surface area (Å²) in [5.41, 5.74) is 0. The van der Waals surface area contributed by atoms with Crippen molar-refractivity contribution in [3.8, 4) is 0 Å². The van der Waals surface area contributed by atoms with Gasteiger partial charge in [0, 0.05) is 0 Å². The number of nitrogens with one attached hydrogen (secondary N) is 1. The zero-order valence-corrected chi connectivity index (χ0v) is 8.11. The molecule has 0 rings (SSSR count). The summed E-state index contributed by atoms with van der Waals surface area (Å²) in [4.78, 5) is 2.50. The minimum atomic E-state index is -2.16. The average molecular weight is 180 g/mol. The number of nitrogens with zero attached hydrogens (tertiary/aromatic N) is 1. The molecule has 0 bridgehead atoms. The maximum atomic E-state index is 10.4. The van der Waals surface area contributed by atoms with Gasteiger partial charge >= 0.3 is 0 Å². The van der Waals surface area contributed by atoms with E-state index in [-0.39, 0.29) is 0 Å². The van der Waals surface area contributed by atoms with Crippen LogP contribution < -0.4 is 4.83 Å². The second-order valence-electron chi connectivity index (χ2n) is 2.42. The second-order valence-corrected chi connectivity index (χ2v) is 3.07. The summed E-state index contributed by atoms with van der Waals surface area (Å²) in [6, 6.07) is 0. The van der Waals surface area contributed by atoms with Gasteiger partial charge in [0.1, 0.15) is 0 Å². The summed E-state index contributed by atoms with van der Waals surface area (Å²) in [6.45, 7) is 8.23. The molecule has 0 spiro atoms. The molecule has 1 atom stereocenters. The average Bonchev–Trinajstić information content (AvgIpc) is 2.00. The fourth-order valence-corrected chi connectivity index (χ4v) is 1.73. The third-order valence-electron chi connectivity index (χ3n) is 2.08. The lowest BCUT2D eigenvalue weighted by Gasteiger charge is -2.35. The van der Waals surface area contributed by atoms with Crippen molar-refractivity contribution in [1.82, 2.24) is 4.83 Å². The maximum absolute atomic E-state index is 10.4. The molecular weight excluding hydrogens is 164 g/mol. The van der Waals surface area contributed by atoms with Crippen LogP contribution in [0.25, 0.3) is 0 Å². The molecule has 0 fully saturated rings. The number of hydrogen-bond acceptors (Lipinski definition) is 2. The summed E-state index contributed by atoms with van der Waals surface area (Å²) >= 11 is -2.16. The fourth-order valence-electron chi connectivity index (χ4n) is 1.02. The first-order valence-corrected chi connectivity index (χ1v) is 4.91. The lowest BCUT2D eigenvalue weighted by Crippen LogP contribution is -2.58. The van der Waals surface area contributed by atoms with E-state index in [0.29, 0.717) is 4.59 Å². The zero-order chi connectivity index (χ0) is 8.91. The van der Waals surface area contributed by atoms with Crippen LogP contribution in [-0.2, 0) is 11.3 Å². The lowest BCUT2D eigenvalue weighted by atomic mass is 10.5. The van der Waals surface area contributed by atoms with Crippen LogP contribution in [0.15, 0.2) is 0 Å². The molecule has 0 aromatic rings. The lowest BCUT2D eigenvalue weighted by molar-refractivity contribution is -0.951. The number of quaternary nitrogens is 1. The van der Waals surface area contributed by atoms with Gasteiger partial charge in [0.05, 0.1) is 30.9 Å². The quantitative estimate of drug-likeness (QED) is 0.372. The highest BCUT2D eigenvalue weighted by Gasteiger charge is 2.20. The molecule has 0 saturated carbocycles. The molecule has 0 saturated heterocycles. The SMILES string of the molecule is CC[N+](CC)(CC)NS(=O)[O-]. The molecule has 0 radical (unpaired) electrons. The standard InChI is InChI=1S/C6H16N2O2S/c1-4-8(5-2,6-3)7-11(9)10/h7H,4-6H2,1-3H3. The molecule has 68 valence electrons. The Bertz CT molecular complexity index is 128. The van der Waals surface area contributed by atoms with Gasteiger partial charge in [-0.25, -0.2) is 4.59 Å². The van der Waals surface area contributed by atoms with E-state index in [1.807, 2.05) is 20.8 Å². The normalized spacial score (nSPS) is 14.9. The Hall–Kier alpha value is 0.0300. The Kier molecular flexibility index (Phi) is 4.83. The van der Waals surface area contributed by atoms with Crippen molar-refractivity contribution in [2.24, 2.45) is 0 Å². The van der Waals surface area contributed by atoms with Crippen LogP contribution in [0.4, 0.5) is 0 Å². The van der Waals surface area contributed by atoms with Crippen LogP contribution in [0.1, 0.15) is 20.8 Å². The predicted octanol–water partition coefficient (Wildman–Crippen LogP) is 0.162. The molecule has 0 aromatic heterocycles. The van der Waals surface area contributed by atoms with E-state index in [1.54, 1.807) is 0 Å². The minimum absolute atomic E-state index is 0.427. The molecule has 0 aliphatic rings. The first-order valence-electron chi connectivity index (χ1n) is 3.83. The summed E-state index contributed by atoms with van der Waals surface area (Å²) < 4.78 is 21.2. The van der Waals surface area contributed by atoms with Crippen molar-refractivity contribution in [2.75, 3.05) is 19.6 Å². The molecule has 4 nitrogen and oxygen atoms in total. The summed E-state index contributed by atoms with van der Waals surface area (Å²) in [6.07, 6.45) is 0. The molecule has 0 aliphatic carbocycles. The van der Waals surface area contributed by atoms with E-state index in [4.69, 9.17) is 0 Å². The van der Waals surface area contributed by atoms with Gasteiger partial charge in [0.25, 0.3) is 0 Å². The minimum Gasteiger partial charge on any atom is -0.756 e. The monoisotopic (exact) mass is 180 g/mol. The Labute approximate surface area is 70.6 Å². The maximum Gasteiger partial charge on any atom is 0.0941 e. The summed E-state index contributed by atoms with van der Waals surface area (Å²) in [5.74, 6) is 0. The van der Waals surface area contributed by atoms with Gasteiger partial charge in [-0.05, 0) is 20.8 Å². The van der Waals surface area contributed by atoms with Gasteiger partial charge in [0.15, 0.2) is 0 Å². The van der Waals surface area contributed by atoms with E-state index in [9.17, 15) is 8.76 Å². The van der Waals surface area contributed by atoms with Crippen LogP contribution in [0.5, 0.6) is 0 Å². The molecule has 0 amide bonds. The van der Waals surface area contributed by atoms with E-state index < -0.39 is 11.3 Å². The van der Waals surface area contributed by atoms with Crippen molar-refractivity contribution in [1.29, 1.82) is 0 Å². The number of hydrogen-bond donors (Lipinski definition) is 1. The molecular formula is C6H16N2O2S. The Balaban J connectivity index is 4.16. The molecule has 5 heteroatoms. The van der Waals surface area contributed by atoms with Crippen molar-refractivity contribution < 1.29 is 13.4 Å². The van der Waals surface area contributed by atoms with E-state index in [0.717, 1.165) is 19.6 Å². The molecule has 0 aliphatic heterocycles. The smallest absolute Gasteiger partial charge is 0.0941 e. The van der Waals surface area contributed by atoms with Crippen molar-refractivity contribution >= 4 is 11.3 Å². The highest BCUT2D eigenvalue weighted by Crippen LogP contribution is 1.99. The Morgan fingerprint density at radius 3 is 1.73 bits per heavy atom. The third-order valence-corrected chi connectivity index (χ3v) is 2.62. The van der Waals surface area contributed by atoms with Crippen LogP contribution >= 0.6 is 0 Å². The van der Waals surface area contributed by atoms with E-state index >= 15 is 0 Å². The van der Waals surface area contributed by atoms with Gasteiger partial charge in [0.2, 0.25) is 0 Å². The topological polar surface area (TPSA) is 52.2 Å². The highest BCUT2D eigenvalue weighted by atomic mass is 32.2. The van der Waals surface area contributed by atoms with Gasteiger partial charge in [-0.1, -0.05) is 4.83 Å². The van der Waals surface area contributed by atoms with Crippen molar-refractivity contribution in [3.05, 3.63) is 0 Å². The van der Waals surface area contributed by atoms with Crippen LogP contribution in [0, 0.1) is 0 Å². The van der Waals surface area contributed by atoms with Gasteiger partial charge in [-0.15, -0.1) is 0 Å². The Morgan fingerprint density at radius 2 is 1.64 bits per heavy atom. The first kappa shape index (κ1) is 11.0. The second kappa shape index (κ2) is 4.82. The predicted molar refractivity (Wildman–Crippen MR) is 43.9 cm³/mol. The van der Waals surface area contributed by atoms with Crippen LogP contribution in [-0.4, -0.2) is 33.0 Å². The number of rotatable bonds is 5. The molecule has 11 heavy (non-hydrogen) atoms. The van der Waals surface area contributed by atoms with Gasteiger partial charge in [-0.2, -0.15) is 0 Å². The van der Waals surface area contributed by atoms with Crippen molar-refractivity contribution in [2.45, 2.75) is 20.8 Å². The molecule has 0 heterocycles. The zero-order valence-electron chi connectivity index (χ0n) is 7.29. The summed E-state index contributed by atoms with van der Waals surface area (Å²) in [7, 11) is 0. The third kappa shape index (κ3) is 3.29. The van der Waals surface area contributed by atoms with E-state index in [1.165, 1.54) is 0 Å². The van der Waals surface area contributed by atoms with Gasteiger partial charge < -0.3 is 4.55 Å².